The number of carbonyl (C=O) groups is 4. The second-order valence-corrected chi connectivity index (χ2v) is 6.61. The Labute approximate surface area is 154 Å². The summed E-state index contributed by atoms with van der Waals surface area (Å²) in [5.74, 6) is -1.46. The molecule has 1 aliphatic rings. The van der Waals surface area contributed by atoms with Crippen molar-refractivity contribution < 1.29 is 19.2 Å². The summed E-state index contributed by atoms with van der Waals surface area (Å²) in [6.45, 7) is 2.22. The van der Waals surface area contributed by atoms with Gasteiger partial charge in [0.25, 0.3) is 11.8 Å². The van der Waals surface area contributed by atoms with Crippen molar-refractivity contribution in [3.8, 4) is 0 Å². The largest absolute Gasteiger partial charge is 0.354 e. The molecule has 0 aliphatic carbocycles. The van der Waals surface area contributed by atoms with Gasteiger partial charge in [0.2, 0.25) is 11.8 Å². The van der Waals surface area contributed by atoms with E-state index in [2.05, 4.69) is 26.6 Å². The number of rotatable bonds is 8. The Morgan fingerprint density at radius 1 is 1.04 bits per heavy atom. The molecule has 0 radical (unpaired) electrons. The van der Waals surface area contributed by atoms with Gasteiger partial charge in [-0.05, 0) is 24.6 Å². The fraction of sp³-hybridized carbons (Fsp3) is 0.412. The van der Waals surface area contributed by atoms with Crippen molar-refractivity contribution in [3.63, 3.8) is 0 Å². The first-order valence-electron chi connectivity index (χ1n) is 8.13. The fourth-order valence-corrected chi connectivity index (χ4v) is 2.80. The molecule has 0 saturated heterocycles. The molecule has 8 heteroatoms. The Hall–Kier alpha value is -2.22. The molecule has 25 heavy (non-hydrogen) atoms. The lowest BCUT2D eigenvalue weighted by molar-refractivity contribution is -0.123. The van der Waals surface area contributed by atoms with Crippen LogP contribution in [0.4, 0.5) is 0 Å². The highest BCUT2D eigenvalue weighted by molar-refractivity contribution is 9.10. The molecule has 7 nitrogen and oxygen atoms in total. The van der Waals surface area contributed by atoms with Gasteiger partial charge >= 0.3 is 0 Å². The van der Waals surface area contributed by atoms with E-state index in [0.29, 0.717) is 23.0 Å². The number of nitrogens with one attached hydrogen (secondary N) is 2. The van der Waals surface area contributed by atoms with Gasteiger partial charge in [0.1, 0.15) is 6.54 Å². The summed E-state index contributed by atoms with van der Waals surface area (Å²) in [5.41, 5.74) is 0.583. The third kappa shape index (κ3) is 4.88. The Kier molecular flexibility index (Phi) is 6.69. The van der Waals surface area contributed by atoms with Gasteiger partial charge in [0.15, 0.2) is 0 Å². The van der Waals surface area contributed by atoms with Crippen molar-refractivity contribution in [1.29, 1.82) is 0 Å². The van der Waals surface area contributed by atoms with Gasteiger partial charge in [0.05, 0.1) is 11.1 Å². The van der Waals surface area contributed by atoms with Crippen LogP contribution in [0.1, 0.15) is 46.9 Å². The fourth-order valence-electron chi connectivity index (χ4n) is 2.44. The monoisotopic (exact) mass is 409 g/mol. The number of nitrogens with zero attached hydrogens (tertiary/aromatic N) is 1. The lowest BCUT2D eigenvalue weighted by Crippen LogP contribution is -2.42. The Balaban J connectivity index is 1.79. The lowest BCUT2D eigenvalue weighted by atomic mass is 10.1. The molecule has 1 aliphatic heterocycles. The predicted octanol–water partition coefficient (Wildman–Crippen LogP) is 1.47. The van der Waals surface area contributed by atoms with Crippen LogP contribution < -0.4 is 10.6 Å². The van der Waals surface area contributed by atoms with Crippen molar-refractivity contribution in [2.75, 3.05) is 19.6 Å². The summed E-state index contributed by atoms with van der Waals surface area (Å²) in [5, 5.41) is 5.29. The molecule has 0 saturated carbocycles. The molecule has 0 spiro atoms. The van der Waals surface area contributed by atoms with E-state index in [-0.39, 0.29) is 24.6 Å². The minimum atomic E-state index is -0.482. The van der Waals surface area contributed by atoms with Crippen molar-refractivity contribution in [2.45, 2.75) is 26.2 Å². The Bertz CT molecular complexity index is 705. The van der Waals surface area contributed by atoms with Gasteiger partial charge in [-0.25, -0.2) is 0 Å². The van der Waals surface area contributed by atoms with Gasteiger partial charge in [-0.2, -0.15) is 0 Å². The number of imide groups is 1. The molecule has 1 aromatic carbocycles. The number of hydrogen-bond donors (Lipinski definition) is 2. The molecule has 0 aromatic heterocycles. The maximum Gasteiger partial charge on any atom is 0.262 e. The van der Waals surface area contributed by atoms with E-state index in [9.17, 15) is 19.2 Å². The zero-order valence-corrected chi connectivity index (χ0v) is 15.5. The van der Waals surface area contributed by atoms with Crippen LogP contribution in [-0.2, 0) is 9.59 Å². The summed E-state index contributed by atoms with van der Waals surface area (Å²) in [6.07, 6.45) is 2.24. The molecule has 0 fully saturated rings. The number of carbonyl (C=O) groups excluding carboxylic acids is 4. The van der Waals surface area contributed by atoms with Crippen molar-refractivity contribution >= 4 is 39.6 Å². The third-order valence-corrected chi connectivity index (χ3v) is 4.25. The number of unbranched alkanes of at least 4 members (excludes halogenated alkanes) is 1. The minimum Gasteiger partial charge on any atom is -0.354 e. The van der Waals surface area contributed by atoms with Crippen molar-refractivity contribution in [2.24, 2.45) is 0 Å². The zero-order chi connectivity index (χ0) is 18.4. The second-order valence-electron chi connectivity index (χ2n) is 5.69. The number of halogens is 1. The smallest absolute Gasteiger partial charge is 0.262 e. The van der Waals surface area contributed by atoms with Crippen LogP contribution in [0.5, 0.6) is 0 Å². The first-order valence-corrected chi connectivity index (χ1v) is 8.92. The van der Waals surface area contributed by atoms with Crippen LogP contribution in [-0.4, -0.2) is 48.2 Å². The van der Waals surface area contributed by atoms with Crippen LogP contribution in [0.2, 0.25) is 0 Å². The maximum atomic E-state index is 12.3. The maximum absolute atomic E-state index is 12.3. The standard InChI is InChI=1S/C17H20BrN3O4/c1-2-3-4-14(22)19-7-8-20-15(23)10-21-16(24)12-6-5-11(18)9-13(12)17(21)25/h5-6,9H,2-4,7-8,10H2,1H3,(H,19,22)(H,20,23). The highest BCUT2D eigenvalue weighted by Crippen LogP contribution is 2.25. The van der Waals surface area contributed by atoms with Crippen LogP contribution in [0.25, 0.3) is 0 Å². The summed E-state index contributed by atoms with van der Waals surface area (Å²) < 4.78 is 0.692. The first-order chi connectivity index (χ1) is 11.9. The van der Waals surface area contributed by atoms with Gasteiger partial charge in [-0.1, -0.05) is 29.3 Å². The third-order valence-electron chi connectivity index (χ3n) is 3.76. The van der Waals surface area contributed by atoms with Crippen LogP contribution in [0.15, 0.2) is 22.7 Å². The van der Waals surface area contributed by atoms with Crippen molar-refractivity contribution in [1.82, 2.24) is 15.5 Å². The molecule has 0 atom stereocenters. The van der Waals surface area contributed by atoms with Gasteiger partial charge in [-0.3, -0.25) is 24.1 Å². The highest BCUT2D eigenvalue weighted by atomic mass is 79.9. The average molecular weight is 410 g/mol. The van der Waals surface area contributed by atoms with E-state index >= 15 is 0 Å². The number of hydrogen-bond acceptors (Lipinski definition) is 4. The summed E-state index contributed by atoms with van der Waals surface area (Å²) >= 11 is 3.26. The minimum absolute atomic E-state index is 0.0537. The summed E-state index contributed by atoms with van der Waals surface area (Å²) in [7, 11) is 0. The lowest BCUT2D eigenvalue weighted by Gasteiger charge is -2.13. The van der Waals surface area contributed by atoms with Gasteiger partial charge in [-0.15, -0.1) is 0 Å². The molecule has 1 heterocycles. The quantitative estimate of drug-likeness (QED) is 0.501. The number of benzene rings is 1. The van der Waals surface area contributed by atoms with E-state index in [1.54, 1.807) is 18.2 Å². The molecule has 0 unspecified atom stereocenters. The molecule has 2 rings (SSSR count). The highest BCUT2D eigenvalue weighted by Gasteiger charge is 2.36. The van der Waals surface area contributed by atoms with E-state index in [0.717, 1.165) is 17.7 Å². The van der Waals surface area contributed by atoms with E-state index in [1.165, 1.54) is 0 Å². The zero-order valence-electron chi connectivity index (χ0n) is 13.9. The van der Waals surface area contributed by atoms with E-state index < -0.39 is 17.7 Å². The summed E-state index contributed by atoms with van der Waals surface area (Å²) in [6, 6.07) is 4.80. The normalized spacial score (nSPS) is 13.0. The SMILES string of the molecule is CCCCC(=O)NCCNC(=O)CN1C(=O)c2ccc(Br)cc2C1=O. The van der Waals surface area contributed by atoms with Crippen molar-refractivity contribution in [3.05, 3.63) is 33.8 Å². The first kappa shape index (κ1) is 19.1. The Morgan fingerprint density at radius 2 is 1.68 bits per heavy atom. The molecule has 1 aromatic rings. The molecular formula is C17H20BrN3O4. The van der Waals surface area contributed by atoms with Crippen LogP contribution in [0, 0.1) is 0 Å². The summed E-state index contributed by atoms with van der Waals surface area (Å²) in [4.78, 5) is 48.8. The van der Waals surface area contributed by atoms with Crippen LogP contribution >= 0.6 is 15.9 Å². The predicted molar refractivity (Wildman–Crippen MR) is 95.1 cm³/mol. The van der Waals surface area contributed by atoms with Crippen LogP contribution in [0.3, 0.4) is 0 Å². The molecule has 134 valence electrons. The Morgan fingerprint density at radius 3 is 2.36 bits per heavy atom. The van der Waals surface area contributed by atoms with Gasteiger partial charge < -0.3 is 10.6 Å². The molecular weight excluding hydrogens is 390 g/mol. The molecule has 0 bridgehead atoms. The topological polar surface area (TPSA) is 95.6 Å². The second kappa shape index (κ2) is 8.75. The number of fused-ring (bicyclic) bond motifs is 1. The van der Waals surface area contributed by atoms with E-state index in [4.69, 9.17) is 0 Å². The number of amides is 4. The average Bonchev–Trinajstić information content (AvgIpc) is 2.81. The molecule has 2 N–H and O–H groups in total. The van der Waals surface area contributed by atoms with E-state index in [1.807, 2.05) is 6.92 Å². The van der Waals surface area contributed by atoms with Gasteiger partial charge in [0, 0.05) is 24.0 Å². The molecule has 4 amide bonds.